The van der Waals surface area contributed by atoms with Crippen LogP contribution in [0.5, 0.6) is 0 Å². The van der Waals surface area contributed by atoms with Gasteiger partial charge in [-0.25, -0.2) is 9.18 Å². The minimum absolute atomic E-state index is 0.0167. The Morgan fingerprint density at radius 2 is 1.70 bits per heavy atom. The molecule has 2 aromatic carbocycles. The summed E-state index contributed by atoms with van der Waals surface area (Å²) in [5, 5.41) is 24.3. The standard InChI is InChI=1S/C29H33Cl2FN2O3.C2HF3O2/c1-27(2,3)14-23-29(18-10-20(32)19(31)11-21(18)33-26(29)36)24(16-6-5-7-17(30)9-16)25(34-23)22(35)8-15-12-28(4,37)13-15;3-2(4,5)1(6)7/h5-7,9-11,15,23-25,34,37H,8,12-14H2,1-4H3,(H,33,36);(H,6,7)/t15?,23-,24-,25-,28?,29+;/m0./s1. The number of benzene rings is 2. The number of aliphatic carboxylic acids is 1. The third-order valence-corrected chi connectivity index (χ3v) is 8.97. The Bertz CT molecular complexity index is 1470. The number of aliphatic hydroxyl groups is 1. The molecule has 0 bridgehead atoms. The van der Waals surface area contributed by atoms with Gasteiger partial charge in [0.2, 0.25) is 5.91 Å². The first-order chi connectivity index (χ1) is 20.2. The van der Waals surface area contributed by atoms with Crippen molar-refractivity contribution in [2.75, 3.05) is 5.32 Å². The number of carbonyl (C=O) groups is 3. The summed E-state index contributed by atoms with van der Waals surface area (Å²) >= 11 is 12.5. The molecular formula is C31H34Cl2F4N2O5. The van der Waals surface area contributed by atoms with Crippen LogP contribution in [0.2, 0.25) is 10.0 Å². The van der Waals surface area contributed by atoms with Crippen molar-refractivity contribution in [2.24, 2.45) is 11.3 Å². The van der Waals surface area contributed by atoms with Gasteiger partial charge in [0.05, 0.1) is 16.7 Å². The molecule has 1 spiro atoms. The van der Waals surface area contributed by atoms with Crippen LogP contribution in [0, 0.1) is 17.2 Å². The molecule has 5 rings (SSSR count). The monoisotopic (exact) mass is 660 g/mol. The number of halogens is 6. The number of ketones is 1. The van der Waals surface area contributed by atoms with Gasteiger partial charge in [-0.05, 0) is 72.9 Å². The number of carboxylic acids is 1. The highest BCUT2D eigenvalue weighted by atomic mass is 35.5. The summed E-state index contributed by atoms with van der Waals surface area (Å²) in [5.41, 5.74) is -0.460. The highest BCUT2D eigenvalue weighted by Crippen LogP contribution is 2.57. The zero-order valence-electron chi connectivity index (χ0n) is 24.5. The maximum Gasteiger partial charge on any atom is 0.490 e. The Kier molecular flexibility index (Phi) is 9.23. The molecule has 3 aliphatic rings. The normalized spacial score (nSPS) is 29.4. The van der Waals surface area contributed by atoms with Gasteiger partial charge in [-0.15, -0.1) is 0 Å². The number of alkyl halides is 3. The Balaban J connectivity index is 0.000000566. The van der Waals surface area contributed by atoms with Crippen molar-refractivity contribution in [1.29, 1.82) is 0 Å². The largest absolute Gasteiger partial charge is 0.490 e. The summed E-state index contributed by atoms with van der Waals surface area (Å²) in [5.74, 6) is -4.19. The Morgan fingerprint density at radius 3 is 2.23 bits per heavy atom. The molecule has 4 N–H and O–H groups in total. The summed E-state index contributed by atoms with van der Waals surface area (Å²) in [6, 6.07) is 8.90. The number of rotatable bonds is 5. The molecule has 2 heterocycles. The molecule has 0 unspecified atom stereocenters. The lowest BCUT2D eigenvalue weighted by Crippen LogP contribution is -2.49. The number of amides is 1. The summed E-state index contributed by atoms with van der Waals surface area (Å²) in [6.07, 6.45) is -3.08. The van der Waals surface area contributed by atoms with Crippen molar-refractivity contribution in [3.8, 4) is 0 Å². The zero-order valence-corrected chi connectivity index (χ0v) is 26.0. The molecule has 1 saturated carbocycles. The highest BCUT2D eigenvalue weighted by Gasteiger charge is 2.65. The molecule has 2 fully saturated rings. The minimum atomic E-state index is -5.08. The number of Topliss-reactive ketones (excluding diaryl/α,β-unsaturated/α-hetero) is 1. The van der Waals surface area contributed by atoms with Crippen LogP contribution in [0.15, 0.2) is 36.4 Å². The topological polar surface area (TPSA) is 116 Å². The average molecular weight is 662 g/mol. The van der Waals surface area contributed by atoms with E-state index in [1.165, 1.54) is 12.1 Å². The first-order valence-corrected chi connectivity index (χ1v) is 14.8. The molecule has 0 aromatic heterocycles. The molecule has 1 aliphatic carbocycles. The molecule has 1 amide bonds. The fourth-order valence-electron chi connectivity index (χ4n) is 6.93. The molecule has 240 valence electrons. The van der Waals surface area contributed by atoms with Crippen molar-refractivity contribution in [1.82, 2.24) is 5.32 Å². The number of nitrogens with one attached hydrogen (secondary N) is 2. The number of fused-ring (bicyclic) bond motifs is 2. The summed E-state index contributed by atoms with van der Waals surface area (Å²) < 4.78 is 46.7. The van der Waals surface area contributed by atoms with Gasteiger partial charge in [0.15, 0.2) is 5.78 Å². The van der Waals surface area contributed by atoms with E-state index in [0.29, 0.717) is 42.0 Å². The van der Waals surface area contributed by atoms with Gasteiger partial charge in [-0.2, -0.15) is 13.2 Å². The summed E-state index contributed by atoms with van der Waals surface area (Å²) in [4.78, 5) is 36.9. The van der Waals surface area contributed by atoms with Gasteiger partial charge in [0.25, 0.3) is 0 Å². The van der Waals surface area contributed by atoms with E-state index in [-0.39, 0.29) is 28.0 Å². The van der Waals surface area contributed by atoms with Crippen molar-refractivity contribution in [2.45, 2.75) is 88.6 Å². The third-order valence-electron chi connectivity index (χ3n) is 8.44. The number of anilines is 1. The quantitative estimate of drug-likeness (QED) is 0.268. The van der Waals surface area contributed by atoms with Crippen LogP contribution in [0.3, 0.4) is 0 Å². The molecule has 2 aliphatic heterocycles. The molecule has 0 radical (unpaired) electrons. The van der Waals surface area contributed by atoms with E-state index >= 15 is 0 Å². The number of hydrogen-bond acceptors (Lipinski definition) is 5. The van der Waals surface area contributed by atoms with Crippen LogP contribution in [-0.2, 0) is 19.8 Å². The van der Waals surface area contributed by atoms with Crippen molar-refractivity contribution in [3.63, 3.8) is 0 Å². The van der Waals surface area contributed by atoms with Gasteiger partial charge in [-0.3, -0.25) is 9.59 Å². The summed E-state index contributed by atoms with van der Waals surface area (Å²) in [6.45, 7) is 8.03. The van der Waals surface area contributed by atoms with Gasteiger partial charge in [-0.1, -0.05) is 56.1 Å². The lowest BCUT2D eigenvalue weighted by atomic mass is 9.61. The van der Waals surface area contributed by atoms with Gasteiger partial charge in [0, 0.05) is 29.1 Å². The predicted octanol–water partition coefficient (Wildman–Crippen LogP) is 6.64. The second-order valence-corrected chi connectivity index (χ2v) is 14.2. The number of carbonyl (C=O) groups excluding carboxylic acids is 2. The first kappa shape index (κ1) is 34.1. The molecule has 44 heavy (non-hydrogen) atoms. The fourth-order valence-corrected chi connectivity index (χ4v) is 7.29. The molecule has 4 atom stereocenters. The van der Waals surface area contributed by atoms with Crippen LogP contribution in [0.25, 0.3) is 0 Å². The van der Waals surface area contributed by atoms with E-state index in [1.807, 2.05) is 12.1 Å². The zero-order chi connectivity index (χ0) is 33.0. The highest BCUT2D eigenvalue weighted by molar-refractivity contribution is 6.31. The SMILES string of the molecule is CC(C)(C)C[C@@H]1N[C@@H](C(=O)CC2CC(C)(O)C2)[C@H](c2cccc(Cl)c2)[C@]12C(=O)Nc1cc(Cl)c(F)cc12.O=C(O)C(F)(F)F. The lowest BCUT2D eigenvalue weighted by molar-refractivity contribution is -0.192. The second kappa shape index (κ2) is 11.9. The van der Waals surface area contributed by atoms with Crippen molar-refractivity contribution >= 4 is 46.5 Å². The summed E-state index contributed by atoms with van der Waals surface area (Å²) in [7, 11) is 0. The van der Waals surface area contributed by atoms with Gasteiger partial charge in [0.1, 0.15) is 11.2 Å². The fraction of sp³-hybridized carbons (Fsp3) is 0.516. The Morgan fingerprint density at radius 1 is 1.09 bits per heavy atom. The second-order valence-electron chi connectivity index (χ2n) is 13.4. The Hall–Kier alpha value is -2.73. The van der Waals surface area contributed by atoms with Crippen molar-refractivity contribution < 1.29 is 42.2 Å². The van der Waals surface area contributed by atoms with E-state index in [2.05, 4.69) is 31.4 Å². The van der Waals surface area contributed by atoms with Gasteiger partial charge < -0.3 is 20.8 Å². The predicted molar refractivity (Wildman–Crippen MR) is 157 cm³/mol. The molecule has 7 nitrogen and oxygen atoms in total. The van der Waals surface area contributed by atoms with Crippen LogP contribution >= 0.6 is 23.2 Å². The van der Waals surface area contributed by atoms with E-state index < -0.39 is 47.0 Å². The lowest BCUT2D eigenvalue weighted by Gasteiger charge is -2.41. The average Bonchev–Trinajstić information content (AvgIpc) is 3.32. The van der Waals surface area contributed by atoms with E-state index in [4.69, 9.17) is 33.1 Å². The first-order valence-electron chi connectivity index (χ1n) is 14.0. The third kappa shape index (κ3) is 6.76. The number of carboxylic acid groups (broad SMARTS) is 1. The van der Waals surface area contributed by atoms with Crippen LogP contribution in [0.1, 0.15) is 70.4 Å². The minimum Gasteiger partial charge on any atom is -0.475 e. The molecule has 13 heteroatoms. The molecular weight excluding hydrogens is 627 g/mol. The van der Waals surface area contributed by atoms with E-state index in [9.17, 15) is 32.3 Å². The van der Waals surface area contributed by atoms with Crippen LogP contribution in [-0.4, -0.2) is 51.7 Å². The maximum atomic E-state index is 14.9. The van der Waals surface area contributed by atoms with E-state index in [1.54, 1.807) is 19.1 Å². The van der Waals surface area contributed by atoms with Gasteiger partial charge >= 0.3 is 12.1 Å². The smallest absolute Gasteiger partial charge is 0.475 e. The van der Waals surface area contributed by atoms with Crippen LogP contribution in [0.4, 0.5) is 23.2 Å². The van der Waals surface area contributed by atoms with E-state index in [0.717, 1.165) is 5.56 Å². The van der Waals surface area contributed by atoms with Crippen molar-refractivity contribution in [3.05, 3.63) is 63.4 Å². The molecule has 2 aromatic rings. The molecule has 1 saturated heterocycles. The maximum absolute atomic E-state index is 14.9. The Labute approximate surface area is 262 Å². The number of hydrogen-bond donors (Lipinski definition) is 4. The van der Waals surface area contributed by atoms with Crippen LogP contribution < -0.4 is 10.6 Å².